The summed E-state index contributed by atoms with van der Waals surface area (Å²) in [5.41, 5.74) is 0. The molecule has 0 bridgehead atoms. The SMILES string of the molecule is CCCCn1nnnc1CN(CC)CC1CCCNC1. The van der Waals surface area contributed by atoms with Gasteiger partial charge in [0.25, 0.3) is 0 Å². The Kier molecular flexibility index (Phi) is 6.39. The van der Waals surface area contributed by atoms with Crippen molar-refractivity contribution in [1.29, 1.82) is 0 Å². The molecule has 0 amide bonds. The zero-order valence-electron chi connectivity index (χ0n) is 12.9. The number of hydrogen-bond acceptors (Lipinski definition) is 5. The summed E-state index contributed by atoms with van der Waals surface area (Å²) < 4.78 is 1.96. The van der Waals surface area contributed by atoms with Crippen molar-refractivity contribution in [3.8, 4) is 0 Å². The van der Waals surface area contributed by atoms with E-state index >= 15 is 0 Å². The molecule has 1 aromatic heterocycles. The third-order valence-corrected chi connectivity index (χ3v) is 4.06. The Morgan fingerprint density at radius 3 is 3.00 bits per heavy atom. The van der Waals surface area contributed by atoms with Crippen LogP contribution in [0.25, 0.3) is 0 Å². The van der Waals surface area contributed by atoms with Crippen molar-refractivity contribution in [1.82, 2.24) is 30.4 Å². The Bertz CT molecular complexity index is 371. The van der Waals surface area contributed by atoms with E-state index in [1.165, 1.54) is 25.8 Å². The molecule has 0 aliphatic carbocycles. The number of rotatable bonds is 8. The van der Waals surface area contributed by atoms with Crippen LogP contribution >= 0.6 is 0 Å². The number of aryl methyl sites for hydroxylation is 1. The van der Waals surface area contributed by atoms with Gasteiger partial charge >= 0.3 is 0 Å². The Balaban J connectivity index is 1.86. The van der Waals surface area contributed by atoms with Crippen molar-refractivity contribution in [3.05, 3.63) is 5.82 Å². The lowest BCUT2D eigenvalue weighted by Crippen LogP contribution is -2.38. The highest BCUT2D eigenvalue weighted by atomic mass is 15.5. The number of piperidine rings is 1. The number of aromatic nitrogens is 4. The molecule has 1 aliphatic rings. The smallest absolute Gasteiger partial charge is 0.165 e. The lowest BCUT2D eigenvalue weighted by atomic mass is 9.99. The quantitative estimate of drug-likeness (QED) is 0.777. The fourth-order valence-electron chi connectivity index (χ4n) is 2.77. The molecule has 0 radical (unpaired) electrons. The maximum atomic E-state index is 4.19. The van der Waals surface area contributed by atoms with E-state index in [1.54, 1.807) is 0 Å². The van der Waals surface area contributed by atoms with Crippen molar-refractivity contribution < 1.29 is 0 Å². The Morgan fingerprint density at radius 1 is 1.40 bits per heavy atom. The normalized spacial score (nSPS) is 19.6. The maximum absolute atomic E-state index is 4.19. The standard InChI is InChI=1S/C14H28N6/c1-3-5-9-20-14(16-17-18-20)12-19(4-2)11-13-7-6-8-15-10-13/h13,15H,3-12H2,1-2H3. The van der Waals surface area contributed by atoms with Crippen LogP contribution in [-0.4, -0.2) is 51.3 Å². The van der Waals surface area contributed by atoms with Gasteiger partial charge in [0.1, 0.15) is 0 Å². The molecule has 114 valence electrons. The third kappa shape index (κ3) is 4.52. The first-order valence-corrected chi connectivity index (χ1v) is 8.01. The lowest BCUT2D eigenvalue weighted by molar-refractivity contribution is 0.202. The van der Waals surface area contributed by atoms with Crippen LogP contribution < -0.4 is 5.32 Å². The van der Waals surface area contributed by atoms with Crippen molar-refractivity contribution >= 4 is 0 Å². The first-order chi connectivity index (χ1) is 9.83. The fourth-order valence-corrected chi connectivity index (χ4v) is 2.77. The van der Waals surface area contributed by atoms with Crippen molar-refractivity contribution in [2.24, 2.45) is 5.92 Å². The van der Waals surface area contributed by atoms with Gasteiger partial charge in [-0.3, -0.25) is 4.90 Å². The topological polar surface area (TPSA) is 58.9 Å². The van der Waals surface area contributed by atoms with Gasteiger partial charge in [0.05, 0.1) is 6.54 Å². The van der Waals surface area contributed by atoms with Crippen LogP contribution in [0, 0.1) is 5.92 Å². The van der Waals surface area contributed by atoms with Crippen molar-refractivity contribution in [2.75, 3.05) is 26.2 Å². The van der Waals surface area contributed by atoms with Crippen LogP contribution in [0.5, 0.6) is 0 Å². The first kappa shape index (κ1) is 15.4. The van der Waals surface area contributed by atoms with E-state index in [2.05, 4.69) is 39.6 Å². The van der Waals surface area contributed by atoms with Crippen LogP contribution in [0.15, 0.2) is 0 Å². The van der Waals surface area contributed by atoms with Crippen LogP contribution in [0.2, 0.25) is 0 Å². The van der Waals surface area contributed by atoms with Gasteiger partial charge in [-0.15, -0.1) is 5.10 Å². The molecule has 0 aromatic carbocycles. The largest absolute Gasteiger partial charge is 0.316 e. The molecule has 0 spiro atoms. The molecule has 6 nitrogen and oxygen atoms in total. The van der Waals surface area contributed by atoms with E-state index in [-0.39, 0.29) is 0 Å². The molecule has 2 heterocycles. The monoisotopic (exact) mass is 280 g/mol. The van der Waals surface area contributed by atoms with E-state index < -0.39 is 0 Å². The summed E-state index contributed by atoms with van der Waals surface area (Å²) in [5, 5.41) is 15.6. The van der Waals surface area contributed by atoms with E-state index in [1.807, 2.05) is 4.68 Å². The summed E-state index contributed by atoms with van der Waals surface area (Å²) in [5.74, 6) is 1.77. The highest BCUT2D eigenvalue weighted by Gasteiger charge is 2.18. The van der Waals surface area contributed by atoms with Crippen molar-refractivity contribution in [2.45, 2.75) is 52.6 Å². The van der Waals surface area contributed by atoms with E-state index in [4.69, 9.17) is 0 Å². The molecule has 1 saturated heterocycles. The Morgan fingerprint density at radius 2 is 2.30 bits per heavy atom. The van der Waals surface area contributed by atoms with Gasteiger partial charge in [-0.1, -0.05) is 20.3 Å². The molecule has 1 aliphatic heterocycles. The maximum Gasteiger partial charge on any atom is 0.165 e. The van der Waals surface area contributed by atoms with Crippen LogP contribution in [-0.2, 0) is 13.1 Å². The van der Waals surface area contributed by atoms with Crippen LogP contribution in [0.3, 0.4) is 0 Å². The van der Waals surface area contributed by atoms with Gasteiger partial charge in [0, 0.05) is 13.1 Å². The molecule has 1 aromatic rings. The van der Waals surface area contributed by atoms with E-state index in [0.29, 0.717) is 0 Å². The highest BCUT2D eigenvalue weighted by molar-refractivity contribution is 4.82. The number of tetrazole rings is 1. The summed E-state index contributed by atoms with van der Waals surface area (Å²) in [4.78, 5) is 2.46. The molecular weight excluding hydrogens is 252 g/mol. The molecule has 1 unspecified atom stereocenters. The number of nitrogens with zero attached hydrogens (tertiary/aromatic N) is 5. The minimum atomic E-state index is 0.767. The van der Waals surface area contributed by atoms with Crippen LogP contribution in [0.1, 0.15) is 45.4 Å². The second-order valence-corrected chi connectivity index (χ2v) is 5.71. The zero-order valence-corrected chi connectivity index (χ0v) is 12.9. The second kappa shape index (κ2) is 8.32. The lowest BCUT2D eigenvalue weighted by Gasteiger charge is -2.29. The van der Waals surface area contributed by atoms with Crippen molar-refractivity contribution in [3.63, 3.8) is 0 Å². The Hall–Kier alpha value is -1.01. The predicted octanol–water partition coefficient (Wildman–Crippen LogP) is 1.29. The van der Waals surface area contributed by atoms with Gasteiger partial charge < -0.3 is 5.32 Å². The van der Waals surface area contributed by atoms with Crippen LogP contribution in [0.4, 0.5) is 0 Å². The third-order valence-electron chi connectivity index (χ3n) is 4.06. The average Bonchev–Trinajstić information content (AvgIpc) is 2.92. The highest BCUT2D eigenvalue weighted by Crippen LogP contribution is 2.13. The second-order valence-electron chi connectivity index (χ2n) is 5.71. The molecular formula is C14H28N6. The summed E-state index contributed by atoms with van der Waals surface area (Å²) in [6.07, 6.45) is 4.95. The molecule has 1 atom stereocenters. The molecule has 1 fully saturated rings. The van der Waals surface area contributed by atoms with Gasteiger partial charge in [-0.25, -0.2) is 4.68 Å². The minimum absolute atomic E-state index is 0.767. The minimum Gasteiger partial charge on any atom is -0.316 e. The number of unbranched alkanes of at least 4 members (excludes halogenated alkanes) is 1. The summed E-state index contributed by atoms with van der Waals surface area (Å²) >= 11 is 0. The molecule has 0 saturated carbocycles. The van der Waals surface area contributed by atoms with E-state index in [9.17, 15) is 0 Å². The molecule has 20 heavy (non-hydrogen) atoms. The Labute approximate surface area is 121 Å². The van der Waals surface area contributed by atoms with Gasteiger partial charge in [0.15, 0.2) is 5.82 Å². The summed E-state index contributed by atoms with van der Waals surface area (Å²) in [6, 6.07) is 0. The van der Waals surface area contributed by atoms with E-state index in [0.717, 1.165) is 50.9 Å². The first-order valence-electron chi connectivity index (χ1n) is 8.01. The molecule has 1 N–H and O–H groups in total. The average molecular weight is 280 g/mol. The number of nitrogens with one attached hydrogen (secondary N) is 1. The fraction of sp³-hybridized carbons (Fsp3) is 0.929. The number of hydrogen-bond donors (Lipinski definition) is 1. The molecule has 2 rings (SSSR count). The summed E-state index contributed by atoms with van der Waals surface area (Å²) in [6.45, 7) is 10.7. The summed E-state index contributed by atoms with van der Waals surface area (Å²) in [7, 11) is 0. The predicted molar refractivity (Wildman–Crippen MR) is 79.3 cm³/mol. The van der Waals surface area contributed by atoms with Gasteiger partial charge in [-0.05, 0) is 55.2 Å². The zero-order chi connectivity index (χ0) is 14.2. The van der Waals surface area contributed by atoms with Gasteiger partial charge in [-0.2, -0.15) is 0 Å². The molecule has 6 heteroatoms. The van der Waals surface area contributed by atoms with Gasteiger partial charge in [0.2, 0.25) is 0 Å².